The first-order valence-corrected chi connectivity index (χ1v) is 9.32. The Kier molecular flexibility index (Phi) is 5.38. The molecule has 0 unspecified atom stereocenters. The predicted molar refractivity (Wildman–Crippen MR) is 113 cm³/mol. The summed E-state index contributed by atoms with van der Waals surface area (Å²) in [4.78, 5) is 25.0. The Hall–Kier alpha value is -2.92. The number of benzene rings is 2. The van der Waals surface area contributed by atoms with Crippen LogP contribution in [0.3, 0.4) is 0 Å². The molecular weight excluding hydrogens is 374 g/mol. The highest BCUT2D eigenvalue weighted by Gasteiger charge is 2.17. The lowest BCUT2D eigenvalue weighted by Crippen LogP contribution is -2.27. The van der Waals surface area contributed by atoms with Gasteiger partial charge in [0.25, 0.3) is 5.91 Å². The predicted octanol–water partition coefficient (Wildman–Crippen LogP) is 4.74. The maximum absolute atomic E-state index is 12.7. The number of aromatic nitrogens is 2. The van der Waals surface area contributed by atoms with Crippen LogP contribution in [0.4, 0.5) is 5.69 Å². The van der Waals surface area contributed by atoms with Crippen LogP contribution in [-0.2, 0) is 5.41 Å². The molecule has 2 aromatic carbocycles. The summed E-state index contributed by atoms with van der Waals surface area (Å²) in [5.74, 6) is -0.561. The third kappa shape index (κ3) is 4.15. The second-order valence-electron chi connectivity index (χ2n) is 7.64. The molecule has 144 valence electrons. The average Bonchev–Trinajstić information content (AvgIpc) is 2.62. The molecule has 6 heteroatoms. The van der Waals surface area contributed by atoms with Crippen LogP contribution in [-0.4, -0.2) is 15.7 Å². The molecule has 1 N–H and O–H groups in total. The maximum atomic E-state index is 12.7. The van der Waals surface area contributed by atoms with Gasteiger partial charge in [0.1, 0.15) is 0 Å². The number of carbonyl (C=O) groups excluding carboxylic acids is 1. The van der Waals surface area contributed by atoms with E-state index in [9.17, 15) is 9.59 Å². The number of nitrogens with one attached hydrogen (secondary N) is 1. The molecule has 5 nitrogen and oxygen atoms in total. The van der Waals surface area contributed by atoms with Crippen LogP contribution in [0, 0.1) is 6.92 Å². The molecular formula is C22H22ClN3O2. The largest absolute Gasteiger partial charge is 0.320 e. The number of amides is 1. The van der Waals surface area contributed by atoms with Crippen molar-refractivity contribution in [3.05, 3.63) is 86.8 Å². The van der Waals surface area contributed by atoms with Crippen molar-refractivity contribution in [2.24, 2.45) is 0 Å². The van der Waals surface area contributed by atoms with Crippen molar-refractivity contribution in [2.45, 2.75) is 33.1 Å². The summed E-state index contributed by atoms with van der Waals surface area (Å²) in [5.41, 5.74) is 2.33. The molecule has 0 aliphatic heterocycles. The number of hydrogen-bond donors (Lipinski definition) is 1. The maximum Gasteiger partial charge on any atom is 0.280 e. The van der Waals surface area contributed by atoms with E-state index in [2.05, 4.69) is 31.2 Å². The number of hydrogen-bond acceptors (Lipinski definition) is 3. The molecule has 0 spiro atoms. The number of halogens is 1. The fraction of sp³-hybridized carbons (Fsp3) is 0.227. The zero-order valence-electron chi connectivity index (χ0n) is 16.3. The lowest BCUT2D eigenvalue weighted by atomic mass is 9.87. The highest BCUT2D eigenvalue weighted by Crippen LogP contribution is 2.24. The number of para-hydroxylation sites is 1. The summed E-state index contributed by atoms with van der Waals surface area (Å²) in [5, 5.41) is 7.48. The van der Waals surface area contributed by atoms with E-state index in [1.165, 1.54) is 10.7 Å². The highest BCUT2D eigenvalue weighted by molar-refractivity contribution is 6.32. The zero-order valence-corrected chi connectivity index (χ0v) is 17.0. The fourth-order valence-corrected chi connectivity index (χ4v) is 3.03. The molecule has 0 atom stereocenters. The molecule has 0 aliphatic rings. The Morgan fingerprint density at radius 3 is 2.32 bits per heavy atom. The van der Waals surface area contributed by atoms with E-state index in [4.69, 9.17) is 11.6 Å². The molecule has 0 bridgehead atoms. The van der Waals surface area contributed by atoms with Crippen molar-refractivity contribution >= 4 is 23.2 Å². The first kappa shape index (κ1) is 19.8. The van der Waals surface area contributed by atoms with Gasteiger partial charge in [0.15, 0.2) is 5.69 Å². The molecule has 0 aliphatic carbocycles. The number of anilines is 1. The van der Waals surface area contributed by atoms with Crippen molar-refractivity contribution in [1.29, 1.82) is 0 Å². The second kappa shape index (κ2) is 7.60. The molecule has 3 rings (SSSR count). The summed E-state index contributed by atoms with van der Waals surface area (Å²) in [6.45, 7) is 8.10. The van der Waals surface area contributed by atoms with Gasteiger partial charge in [-0.1, -0.05) is 56.6 Å². The van der Waals surface area contributed by atoms with Gasteiger partial charge in [-0.05, 0) is 42.2 Å². The molecule has 1 aromatic heterocycles. The van der Waals surface area contributed by atoms with E-state index < -0.39 is 11.3 Å². The normalized spacial score (nSPS) is 11.3. The van der Waals surface area contributed by atoms with Gasteiger partial charge in [0.05, 0.1) is 10.7 Å². The Morgan fingerprint density at radius 1 is 1.07 bits per heavy atom. The molecule has 0 fully saturated rings. The Bertz CT molecular complexity index is 1080. The SMILES string of the molecule is Cc1cc(=O)c(C(=O)Nc2ccc(C(C)(C)C)cc2)nn1-c1ccccc1Cl. The first-order valence-electron chi connectivity index (χ1n) is 8.94. The number of nitrogens with zero attached hydrogens (tertiary/aromatic N) is 2. The van der Waals surface area contributed by atoms with Gasteiger partial charge in [-0.15, -0.1) is 0 Å². The third-order valence-corrected chi connectivity index (χ3v) is 4.73. The average molecular weight is 396 g/mol. The Morgan fingerprint density at radius 2 is 1.71 bits per heavy atom. The summed E-state index contributed by atoms with van der Waals surface area (Å²) >= 11 is 6.24. The minimum atomic E-state index is -0.561. The lowest BCUT2D eigenvalue weighted by molar-refractivity contribution is 0.101. The van der Waals surface area contributed by atoms with Crippen molar-refractivity contribution < 1.29 is 4.79 Å². The van der Waals surface area contributed by atoms with Gasteiger partial charge in [0, 0.05) is 17.4 Å². The Labute approximate surface area is 169 Å². The van der Waals surface area contributed by atoms with Crippen LogP contribution in [0.25, 0.3) is 5.69 Å². The molecule has 28 heavy (non-hydrogen) atoms. The quantitative estimate of drug-likeness (QED) is 0.696. The van der Waals surface area contributed by atoms with E-state index in [0.29, 0.717) is 22.1 Å². The smallest absolute Gasteiger partial charge is 0.280 e. The van der Waals surface area contributed by atoms with Crippen LogP contribution in [0.15, 0.2) is 59.4 Å². The number of aryl methyl sites for hydroxylation is 1. The summed E-state index contributed by atoms with van der Waals surface area (Å²) in [6, 6.07) is 16.1. The van der Waals surface area contributed by atoms with Gasteiger partial charge >= 0.3 is 0 Å². The van der Waals surface area contributed by atoms with Crippen molar-refractivity contribution in [1.82, 2.24) is 9.78 Å². The fourth-order valence-electron chi connectivity index (χ4n) is 2.82. The van der Waals surface area contributed by atoms with E-state index in [1.54, 1.807) is 25.1 Å². The van der Waals surface area contributed by atoms with Crippen molar-refractivity contribution in [3.8, 4) is 5.69 Å². The molecule has 3 aromatic rings. The zero-order chi connectivity index (χ0) is 20.5. The standard InChI is InChI=1S/C22H22ClN3O2/c1-14-13-19(27)20(25-26(14)18-8-6-5-7-17(18)23)21(28)24-16-11-9-15(10-12-16)22(2,3)4/h5-13H,1-4H3,(H,24,28). The lowest BCUT2D eigenvalue weighted by Gasteiger charge is -2.19. The van der Waals surface area contributed by atoms with E-state index in [0.717, 1.165) is 5.56 Å². The van der Waals surface area contributed by atoms with Gasteiger partial charge in [-0.25, -0.2) is 4.68 Å². The summed E-state index contributed by atoms with van der Waals surface area (Å²) < 4.78 is 1.50. The second-order valence-corrected chi connectivity index (χ2v) is 8.05. The van der Waals surface area contributed by atoms with Crippen LogP contribution in [0.5, 0.6) is 0 Å². The Balaban J connectivity index is 1.93. The van der Waals surface area contributed by atoms with E-state index in [-0.39, 0.29) is 11.1 Å². The molecule has 0 saturated carbocycles. The van der Waals surface area contributed by atoms with Gasteiger partial charge in [-0.2, -0.15) is 5.10 Å². The molecule has 1 heterocycles. The number of rotatable bonds is 3. The summed E-state index contributed by atoms with van der Waals surface area (Å²) in [7, 11) is 0. The van der Waals surface area contributed by atoms with E-state index >= 15 is 0 Å². The molecule has 0 saturated heterocycles. The first-order chi connectivity index (χ1) is 13.2. The van der Waals surface area contributed by atoms with Crippen LogP contribution < -0.4 is 10.7 Å². The van der Waals surface area contributed by atoms with Gasteiger partial charge < -0.3 is 5.32 Å². The van der Waals surface area contributed by atoms with Crippen LogP contribution in [0.2, 0.25) is 5.02 Å². The van der Waals surface area contributed by atoms with Crippen molar-refractivity contribution in [3.63, 3.8) is 0 Å². The van der Waals surface area contributed by atoms with Crippen LogP contribution in [0.1, 0.15) is 42.5 Å². The van der Waals surface area contributed by atoms with Crippen LogP contribution >= 0.6 is 11.6 Å². The monoisotopic (exact) mass is 395 g/mol. The highest BCUT2D eigenvalue weighted by atomic mass is 35.5. The van der Waals surface area contributed by atoms with Crippen molar-refractivity contribution in [2.75, 3.05) is 5.32 Å². The minimum absolute atomic E-state index is 0.0176. The third-order valence-electron chi connectivity index (χ3n) is 4.41. The molecule has 0 radical (unpaired) electrons. The topological polar surface area (TPSA) is 64.0 Å². The minimum Gasteiger partial charge on any atom is -0.320 e. The van der Waals surface area contributed by atoms with E-state index in [1.807, 2.05) is 30.3 Å². The van der Waals surface area contributed by atoms with Gasteiger partial charge in [0.2, 0.25) is 5.43 Å². The summed E-state index contributed by atoms with van der Waals surface area (Å²) in [6.07, 6.45) is 0. The molecule has 1 amide bonds. The van der Waals surface area contributed by atoms with Gasteiger partial charge in [-0.3, -0.25) is 9.59 Å². The number of carbonyl (C=O) groups is 1.